The molecule has 0 bridgehead atoms. The molecule has 0 aromatic heterocycles. The first-order valence-electron chi connectivity index (χ1n) is 11.6. The van der Waals surface area contributed by atoms with Crippen LogP contribution in [0.4, 0.5) is 5.69 Å². The average Bonchev–Trinajstić information content (AvgIpc) is 2.85. The predicted octanol–water partition coefficient (Wildman–Crippen LogP) is 3.46. The van der Waals surface area contributed by atoms with Crippen LogP contribution in [-0.2, 0) is 24.3 Å². The molecule has 1 heterocycles. The summed E-state index contributed by atoms with van der Waals surface area (Å²) < 4.78 is 44.2. The topological polar surface area (TPSA) is 120 Å². The molecule has 2 aromatic carbocycles. The Morgan fingerprint density at radius 1 is 1.00 bits per heavy atom. The van der Waals surface area contributed by atoms with Crippen LogP contribution in [0.3, 0.4) is 0 Å². The zero-order valence-electron chi connectivity index (χ0n) is 20.4. The van der Waals surface area contributed by atoms with Gasteiger partial charge < -0.3 is 19.5 Å². The molecule has 1 amide bonds. The molecule has 0 spiro atoms. The summed E-state index contributed by atoms with van der Waals surface area (Å²) in [5.41, 5.74) is 1.75. The minimum atomic E-state index is -4.07. The van der Waals surface area contributed by atoms with Crippen LogP contribution >= 0.6 is 0 Å². The number of esters is 1. The summed E-state index contributed by atoms with van der Waals surface area (Å²) in [6.07, 6.45) is 1.01. The van der Waals surface area contributed by atoms with Crippen molar-refractivity contribution in [3.8, 4) is 11.5 Å². The first-order chi connectivity index (χ1) is 16.6. The van der Waals surface area contributed by atoms with Crippen molar-refractivity contribution in [1.29, 1.82) is 0 Å². The molecule has 0 radical (unpaired) electrons. The molecule has 2 aromatic rings. The van der Waals surface area contributed by atoms with Crippen LogP contribution in [0.25, 0.3) is 0 Å². The number of ether oxygens (including phenoxy) is 3. The maximum absolute atomic E-state index is 12.9. The van der Waals surface area contributed by atoms with Crippen LogP contribution in [0, 0.1) is 5.92 Å². The molecule has 1 aliphatic rings. The van der Waals surface area contributed by atoms with Gasteiger partial charge in [0.2, 0.25) is 10.0 Å². The van der Waals surface area contributed by atoms with Crippen molar-refractivity contribution in [2.75, 3.05) is 25.1 Å². The fraction of sp³-hybridized carbons (Fsp3) is 0.440. The Labute approximate surface area is 206 Å². The highest BCUT2D eigenvalue weighted by Crippen LogP contribution is 2.32. The Balaban J connectivity index is 1.59. The van der Waals surface area contributed by atoms with Gasteiger partial charge >= 0.3 is 5.97 Å². The smallest absolute Gasteiger partial charge is 0.324 e. The van der Waals surface area contributed by atoms with Crippen molar-refractivity contribution in [3.63, 3.8) is 0 Å². The fourth-order valence-corrected chi connectivity index (χ4v) is 4.78. The largest absolute Gasteiger partial charge is 0.486 e. The molecule has 35 heavy (non-hydrogen) atoms. The molecular weight excluding hydrogens is 472 g/mol. The third kappa shape index (κ3) is 6.95. The molecule has 9 nitrogen and oxygen atoms in total. The fourth-order valence-electron chi connectivity index (χ4n) is 3.44. The molecule has 0 saturated carbocycles. The molecule has 2 atom stereocenters. The number of hydrogen-bond acceptors (Lipinski definition) is 7. The summed E-state index contributed by atoms with van der Waals surface area (Å²) in [4.78, 5) is 24.9. The number of nitrogens with one attached hydrogen (secondary N) is 2. The number of hydrogen-bond donors (Lipinski definition) is 2. The number of carbonyl (C=O) groups is 2. The van der Waals surface area contributed by atoms with Crippen molar-refractivity contribution in [3.05, 3.63) is 48.0 Å². The van der Waals surface area contributed by atoms with Crippen LogP contribution in [0.15, 0.2) is 47.4 Å². The van der Waals surface area contributed by atoms with E-state index in [1.807, 2.05) is 12.1 Å². The van der Waals surface area contributed by atoms with E-state index >= 15 is 0 Å². The monoisotopic (exact) mass is 504 g/mol. The first kappa shape index (κ1) is 26.5. The van der Waals surface area contributed by atoms with Crippen molar-refractivity contribution in [2.45, 2.75) is 51.0 Å². The third-order valence-electron chi connectivity index (χ3n) is 5.75. The first-order valence-corrected chi connectivity index (χ1v) is 13.1. The van der Waals surface area contributed by atoms with E-state index in [4.69, 9.17) is 14.2 Å². The molecule has 190 valence electrons. The molecule has 0 saturated heterocycles. The Morgan fingerprint density at radius 2 is 1.66 bits per heavy atom. The van der Waals surface area contributed by atoms with Gasteiger partial charge in [0.25, 0.3) is 5.91 Å². The highest BCUT2D eigenvalue weighted by Gasteiger charge is 2.31. The van der Waals surface area contributed by atoms with Crippen molar-refractivity contribution in [1.82, 2.24) is 4.72 Å². The van der Waals surface area contributed by atoms with Gasteiger partial charge in [0.05, 0.1) is 4.90 Å². The van der Waals surface area contributed by atoms with E-state index in [0.717, 1.165) is 6.42 Å². The van der Waals surface area contributed by atoms with E-state index in [2.05, 4.69) is 23.9 Å². The van der Waals surface area contributed by atoms with Gasteiger partial charge in [-0.05, 0) is 48.1 Å². The standard InChI is InChI=1S/C25H32N2O7S/c1-5-17(4)18-6-8-19(9-7-18)26-23(28)15-34-25(29)24(16(2)3)27-35(30,31)20-10-11-21-22(14-20)33-13-12-32-21/h6-11,14,16-17,24,27H,5,12-13,15H2,1-4H3,(H,26,28)/t17?,24-/m0/s1. The molecule has 3 rings (SSSR count). The van der Waals surface area contributed by atoms with E-state index in [0.29, 0.717) is 36.3 Å². The second kappa shape index (κ2) is 11.5. The molecule has 2 N–H and O–H groups in total. The van der Waals surface area contributed by atoms with Crippen molar-refractivity contribution in [2.24, 2.45) is 5.92 Å². The second-order valence-electron chi connectivity index (χ2n) is 8.74. The SMILES string of the molecule is CCC(C)c1ccc(NC(=O)COC(=O)[C@@H](NS(=O)(=O)c2ccc3c(c2)OCCO3)C(C)C)cc1. The normalized spacial score (nSPS) is 14.8. The van der Waals surface area contributed by atoms with E-state index in [9.17, 15) is 18.0 Å². The minimum Gasteiger partial charge on any atom is -0.486 e. The van der Waals surface area contributed by atoms with Gasteiger partial charge in [0, 0.05) is 11.8 Å². The molecule has 10 heteroatoms. The van der Waals surface area contributed by atoms with Crippen LogP contribution in [-0.4, -0.2) is 46.2 Å². The average molecular weight is 505 g/mol. The maximum atomic E-state index is 12.9. The highest BCUT2D eigenvalue weighted by atomic mass is 32.2. The number of rotatable bonds is 10. The van der Waals surface area contributed by atoms with E-state index in [1.165, 1.54) is 23.8 Å². The Morgan fingerprint density at radius 3 is 2.29 bits per heavy atom. The Hall–Kier alpha value is -3.11. The van der Waals surface area contributed by atoms with Crippen LogP contribution in [0.2, 0.25) is 0 Å². The predicted molar refractivity (Wildman–Crippen MR) is 131 cm³/mol. The van der Waals surface area contributed by atoms with Gasteiger partial charge in [-0.1, -0.05) is 39.8 Å². The zero-order valence-corrected chi connectivity index (χ0v) is 21.2. The van der Waals surface area contributed by atoms with Gasteiger partial charge in [-0.2, -0.15) is 4.72 Å². The summed E-state index contributed by atoms with van der Waals surface area (Å²) in [7, 11) is -4.07. The number of anilines is 1. The molecule has 0 fully saturated rings. The maximum Gasteiger partial charge on any atom is 0.324 e. The lowest BCUT2D eigenvalue weighted by atomic mass is 9.99. The summed E-state index contributed by atoms with van der Waals surface area (Å²) in [5, 5.41) is 2.67. The third-order valence-corrected chi connectivity index (χ3v) is 7.19. The Bertz CT molecular complexity index is 1150. The highest BCUT2D eigenvalue weighted by molar-refractivity contribution is 7.89. The summed E-state index contributed by atoms with van der Waals surface area (Å²) in [6, 6.07) is 10.5. The van der Waals surface area contributed by atoms with Gasteiger partial charge in [-0.25, -0.2) is 8.42 Å². The van der Waals surface area contributed by atoms with E-state index in [-0.39, 0.29) is 4.90 Å². The number of sulfonamides is 1. The minimum absolute atomic E-state index is 0.0706. The van der Waals surface area contributed by atoms with Gasteiger partial charge in [0.1, 0.15) is 19.3 Å². The number of carbonyl (C=O) groups excluding carboxylic acids is 2. The van der Waals surface area contributed by atoms with Gasteiger partial charge in [0.15, 0.2) is 18.1 Å². The number of amides is 1. The van der Waals surface area contributed by atoms with Crippen LogP contribution in [0.1, 0.15) is 45.6 Å². The second-order valence-corrected chi connectivity index (χ2v) is 10.4. The lowest BCUT2D eigenvalue weighted by molar-refractivity contribution is -0.150. The molecule has 1 aliphatic heterocycles. The molecular formula is C25H32N2O7S. The zero-order chi connectivity index (χ0) is 25.6. The molecule has 1 unspecified atom stereocenters. The quantitative estimate of drug-likeness (QED) is 0.476. The van der Waals surface area contributed by atoms with E-state index in [1.54, 1.807) is 26.0 Å². The molecule has 0 aliphatic carbocycles. The van der Waals surface area contributed by atoms with Crippen molar-refractivity contribution < 1.29 is 32.2 Å². The van der Waals surface area contributed by atoms with Crippen LogP contribution < -0.4 is 19.5 Å². The van der Waals surface area contributed by atoms with Crippen molar-refractivity contribution >= 4 is 27.6 Å². The lowest BCUT2D eigenvalue weighted by Crippen LogP contribution is -2.45. The summed E-state index contributed by atoms with van der Waals surface area (Å²) >= 11 is 0. The number of benzene rings is 2. The Kier molecular flexibility index (Phi) is 8.74. The summed E-state index contributed by atoms with van der Waals surface area (Å²) in [6.45, 7) is 7.75. The van der Waals surface area contributed by atoms with Gasteiger partial charge in [-0.15, -0.1) is 0 Å². The van der Waals surface area contributed by atoms with E-state index < -0.39 is 40.5 Å². The van der Waals surface area contributed by atoms with Crippen LogP contribution in [0.5, 0.6) is 11.5 Å². The summed E-state index contributed by atoms with van der Waals surface area (Å²) in [5.74, 6) is -0.604. The van der Waals surface area contributed by atoms with Gasteiger partial charge in [-0.3, -0.25) is 9.59 Å². The lowest BCUT2D eigenvalue weighted by Gasteiger charge is -2.22. The number of fused-ring (bicyclic) bond motifs is 1.